The molecule has 0 radical (unpaired) electrons. The first-order valence-corrected chi connectivity index (χ1v) is 7.60. The zero-order valence-corrected chi connectivity index (χ0v) is 12.7. The number of guanidine groups is 1. The predicted molar refractivity (Wildman–Crippen MR) is 84.9 cm³/mol. The number of likely N-dealkylation sites (tertiary alicyclic amines) is 1. The van der Waals surface area contributed by atoms with Crippen molar-refractivity contribution in [2.75, 3.05) is 13.1 Å². The molecule has 22 heavy (non-hydrogen) atoms. The molecule has 7 nitrogen and oxygen atoms in total. The van der Waals surface area contributed by atoms with Gasteiger partial charge in [-0.2, -0.15) is 5.10 Å². The monoisotopic (exact) mass is 299 g/mol. The van der Waals surface area contributed by atoms with E-state index in [1.807, 2.05) is 18.2 Å². The molecule has 1 saturated heterocycles. The standard InChI is InChI=1S/C15H21N7/c1-11-5-4-8-22(10-11)15(16)18-9-13-19-14(21-20-13)12-6-2-3-7-17-12/h2-3,6-7,11H,4-5,8-10H2,1H3,(H2,16,18)(H,19,20,21). The fourth-order valence-electron chi connectivity index (χ4n) is 2.63. The van der Waals surface area contributed by atoms with Crippen LogP contribution in [0.1, 0.15) is 25.6 Å². The molecule has 2 aromatic rings. The van der Waals surface area contributed by atoms with Gasteiger partial charge in [-0.15, -0.1) is 0 Å². The Morgan fingerprint density at radius 1 is 1.50 bits per heavy atom. The minimum Gasteiger partial charge on any atom is -0.370 e. The Bertz CT molecular complexity index is 634. The molecular formula is C15H21N7. The Morgan fingerprint density at radius 3 is 3.18 bits per heavy atom. The molecule has 0 bridgehead atoms. The number of H-pyrrole nitrogens is 1. The maximum Gasteiger partial charge on any atom is 0.199 e. The number of nitrogens with one attached hydrogen (secondary N) is 1. The number of nitrogens with zero attached hydrogens (tertiary/aromatic N) is 5. The smallest absolute Gasteiger partial charge is 0.199 e. The number of rotatable bonds is 3. The first-order chi connectivity index (χ1) is 10.7. The summed E-state index contributed by atoms with van der Waals surface area (Å²) >= 11 is 0. The summed E-state index contributed by atoms with van der Waals surface area (Å²) < 4.78 is 0. The van der Waals surface area contributed by atoms with E-state index in [2.05, 4.69) is 37.0 Å². The van der Waals surface area contributed by atoms with Crippen molar-refractivity contribution in [3.63, 3.8) is 0 Å². The van der Waals surface area contributed by atoms with E-state index in [0.29, 0.717) is 30.1 Å². The molecule has 1 unspecified atom stereocenters. The summed E-state index contributed by atoms with van der Waals surface area (Å²) in [5, 5.41) is 7.06. The van der Waals surface area contributed by atoms with Crippen molar-refractivity contribution < 1.29 is 0 Å². The predicted octanol–water partition coefficient (Wildman–Crippen LogP) is 1.41. The lowest BCUT2D eigenvalue weighted by atomic mass is 10.0. The van der Waals surface area contributed by atoms with E-state index < -0.39 is 0 Å². The van der Waals surface area contributed by atoms with Gasteiger partial charge in [-0.1, -0.05) is 13.0 Å². The molecule has 1 fully saturated rings. The van der Waals surface area contributed by atoms with Crippen molar-refractivity contribution in [2.24, 2.45) is 16.6 Å². The number of piperidine rings is 1. The van der Waals surface area contributed by atoms with E-state index in [1.165, 1.54) is 12.8 Å². The van der Waals surface area contributed by atoms with Gasteiger partial charge in [-0.25, -0.2) is 9.98 Å². The van der Waals surface area contributed by atoms with Gasteiger partial charge in [0.1, 0.15) is 18.1 Å². The SMILES string of the molecule is CC1CCCN(C(N)=NCc2nc(-c3ccccn3)n[nH]2)C1. The summed E-state index contributed by atoms with van der Waals surface area (Å²) in [4.78, 5) is 15.2. The summed E-state index contributed by atoms with van der Waals surface area (Å²) in [6.45, 7) is 4.60. The van der Waals surface area contributed by atoms with Gasteiger partial charge in [-0.05, 0) is 30.9 Å². The first-order valence-electron chi connectivity index (χ1n) is 7.60. The molecule has 0 amide bonds. The topological polar surface area (TPSA) is 96.1 Å². The van der Waals surface area contributed by atoms with Gasteiger partial charge in [0.15, 0.2) is 11.8 Å². The van der Waals surface area contributed by atoms with Crippen LogP contribution in [-0.2, 0) is 6.54 Å². The Kier molecular flexibility index (Phi) is 4.32. The van der Waals surface area contributed by atoms with Gasteiger partial charge in [0, 0.05) is 19.3 Å². The van der Waals surface area contributed by atoms with Crippen LogP contribution >= 0.6 is 0 Å². The van der Waals surface area contributed by atoms with Crippen LogP contribution in [0.3, 0.4) is 0 Å². The summed E-state index contributed by atoms with van der Waals surface area (Å²) in [5.41, 5.74) is 6.82. The molecule has 0 spiro atoms. The molecule has 2 aromatic heterocycles. The Labute approximate surface area is 129 Å². The van der Waals surface area contributed by atoms with Crippen molar-refractivity contribution in [3.05, 3.63) is 30.2 Å². The molecule has 7 heteroatoms. The van der Waals surface area contributed by atoms with Gasteiger partial charge in [0.05, 0.1) is 0 Å². The number of aliphatic imine (C=N–C) groups is 1. The first kappa shape index (κ1) is 14.5. The molecule has 1 atom stereocenters. The molecule has 0 aliphatic carbocycles. The summed E-state index contributed by atoms with van der Waals surface area (Å²) in [7, 11) is 0. The maximum atomic E-state index is 6.08. The number of pyridine rings is 1. The normalized spacial score (nSPS) is 19.4. The van der Waals surface area contributed by atoms with Crippen LogP contribution < -0.4 is 5.73 Å². The molecular weight excluding hydrogens is 278 g/mol. The Morgan fingerprint density at radius 2 is 2.41 bits per heavy atom. The van der Waals surface area contributed by atoms with E-state index >= 15 is 0 Å². The summed E-state index contributed by atoms with van der Waals surface area (Å²) in [6, 6.07) is 5.65. The minimum absolute atomic E-state index is 0.399. The second-order valence-corrected chi connectivity index (χ2v) is 5.69. The lowest BCUT2D eigenvalue weighted by Crippen LogP contribution is -2.43. The fraction of sp³-hybridized carbons (Fsp3) is 0.467. The second kappa shape index (κ2) is 6.55. The minimum atomic E-state index is 0.399. The molecule has 3 N–H and O–H groups in total. The van der Waals surface area contributed by atoms with Gasteiger partial charge in [-0.3, -0.25) is 10.1 Å². The lowest BCUT2D eigenvalue weighted by Gasteiger charge is -2.31. The zero-order valence-electron chi connectivity index (χ0n) is 12.7. The van der Waals surface area contributed by atoms with Gasteiger partial charge < -0.3 is 10.6 Å². The van der Waals surface area contributed by atoms with Gasteiger partial charge in [0.25, 0.3) is 0 Å². The lowest BCUT2D eigenvalue weighted by molar-refractivity contribution is 0.270. The average molecular weight is 299 g/mol. The van der Waals surface area contributed by atoms with Crippen LogP contribution in [0.2, 0.25) is 0 Å². The third kappa shape index (κ3) is 3.41. The van der Waals surface area contributed by atoms with Crippen LogP contribution in [0.15, 0.2) is 29.4 Å². The highest BCUT2D eigenvalue weighted by Gasteiger charge is 2.17. The van der Waals surface area contributed by atoms with Crippen molar-refractivity contribution >= 4 is 5.96 Å². The second-order valence-electron chi connectivity index (χ2n) is 5.69. The van der Waals surface area contributed by atoms with E-state index in [-0.39, 0.29) is 0 Å². The number of hydrogen-bond acceptors (Lipinski definition) is 4. The Hall–Kier alpha value is -2.44. The van der Waals surface area contributed by atoms with Crippen molar-refractivity contribution in [2.45, 2.75) is 26.3 Å². The van der Waals surface area contributed by atoms with Crippen LogP contribution in [0.4, 0.5) is 0 Å². The van der Waals surface area contributed by atoms with E-state index in [0.717, 1.165) is 18.8 Å². The fourth-order valence-corrected chi connectivity index (χ4v) is 2.63. The van der Waals surface area contributed by atoms with E-state index in [1.54, 1.807) is 6.20 Å². The van der Waals surface area contributed by atoms with Crippen LogP contribution in [-0.4, -0.2) is 44.1 Å². The molecule has 116 valence electrons. The number of aromatic amines is 1. The number of nitrogens with two attached hydrogens (primary N) is 1. The van der Waals surface area contributed by atoms with Crippen molar-refractivity contribution in [3.8, 4) is 11.5 Å². The van der Waals surface area contributed by atoms with E-state index in [4.69, 9.17) is 5.73 Å². The van der Waals surface area contributed by atoms with Crippen molar-refractivity contribution in [1.29, 1.82) is 0 Å². The van der Waals surface area contributed by atoms with Gasteiger partial charge in [0.2, 0.25) is 0 Å². The number of hydrogen-bond donors (Lipinski definition) is 2. The summed E-state index contributed by atoms with van der Waals surface area (Å²) in [5.74, 6) is 2.52. The number of aromatic nitrogens is 4. The highest BCUT2D eigenvalue weighted by molar-refractivity contribution is 5.78. The quantitative estimate of drug-likeness (QED) is 0.660. The van der Waals surface area contributed by atoms with Crippen LogP contribution in [0.25, 0.3) is 11.5 Å². The highest BCUT2D eigenvalue weighted by Crippen LogP contribution is 2.15. The molecule has 1 aliphatic rings. The van der Waals surface area contributed by atoms with Crippen LogP contribution in [0.5, 0.6) is 0 Å². The van der Waals surface area contributed by atoms with E-state index in [9.17, 15) is 0 Å². The Balaban J connectivity index is 1.64. The largest absolute Gasteiger partial charge is 0.370 e. The molecule has 0 saturated carbocycles. The maximum absolute atomic E-state index is 6.08. The van der Waals surface area contributed by atoms with Gasteiger partial charge >= 0.3 is 0 Å². The third-order valence-corrected chi connectivity index (χ3v) is 3.80. The highest BCUT2D eigenvalue weighted by atomic mass is 15.3. The van der Waals surface area contributed by atoms with Crippen LogP contribution in [0, 0.1) is 5.92 Å². The molecule has 3 rings (SSSR count). The molecule has 0 aromatic carbocycles. The van der Waals surface area contributed by atoms with Crippen molar-refractivity contribution in [1.82, 2.24) is 25.1 Å². The third-order valence-electron chi connectivity index (χ3n) is 3.80. The summed E-state index contributed by atoms with van der Waals surface area (Å²) in [6.07, 6.45) is 4.15. The average Bonchev–Trinajstić information content (AvgIpc) is 3.02. The molecule has 3 heterocycles. The zero-order chi connectivity index (χ0) is 15.4. The molecule has 1 aliphatic heterocycles.